The highest BCUT2D eigenvalue weighted by atomic mass is 32.1. The second-order valence-corrected chi connectivity index (χ2v) is 26.8. The summed E-state index contributed by atoms with van der Waals surface area (Å²) >= 11 is 3.91. The molecule has 3 aliphatic rings. The lowest BCUT2D eigenvalue weighted by atomic mass is 9.62. The number of nitrogens with one attached hydrogen (secondary N) is 1. The Kier molecular flexibility index (Phi) is 8.62. The van der Waals surface area contributed by atoms with Crippen LogP contribution in [-0.4, -0.2) is 11.8 Å². The van der Waals surface area contributed by atoms with E-state index in [1.54, 1.807) is 0 Å². The highest BCUT2D eigenvalue weighted by Crippen LogP contribution is 2.56. The monoisotopic (exact) mass is 920 g/mol. The molecule has 5 heteroatoms. The second kappa shape index (κ2) is 13.8. The fourth-order valence-electron chi connectivity index (χ4n) is 12.6. The summed E-state index contributed by atoms with van der Waals surface area (Å²) in [7, 11) is 0.884. The maximum atomic E-state index is 4.08. The van der Waals surface area contributed by atoms with Gasteiger partial charge in [0.05, 0.1) is 11.2 Å². The molecule has 4 heterocycles. The van der Waals surface area contributed by atoms with Gasteiger partial charge in [-0.3, -0.25) is 0 Å². The van der Waals surface area contributed by atoms with E-state index in [0.29, 0.717) is 0 Å². The molecule has 1 N–H and O–H groups in total. The zero-order valence-electron chi connectivity index (χ0n) is 41.9. The first kappa shape index (κ1) is 42.5. The minimum absolute atomic E-state index is 0.0442. The molecule has 338 valence electrons. The fourth-order valence-corrected chi connectivity index (χ4v) is 14.9. The van der Waals surface area contributed by atoms with Crippen molar-refractivity contribution < 1.29 is 0 Å². The van der Waals surface area contributed by atoms with E-state index < -0.39 is 0 Å². The first-order valence-electron chi connectivity index (χ1n) is 24.9. The van der Waals surface area contributed by atoms with Gasteiger partial charge in [0.2, 0.25) is 7.28 Å². The molecule has 68 heavy (non-hydrogen) atoms. The summed E-state index contributed by atoms with van der Waals surface area (Å²) in [5.41, 5.74) is 22.0. The molecule has 2 nitrogen and oxygen atoms in total. The number of aromatic nitrogens is 1. The van der Waals surface area contributed by atoms with E-state index in [1.807, 2.05) is 22.7 Å². The molecule has 0 radical (unpaired) electrons. The minimum Gasteiger partial charge on any atom is -0.355 e. The van der Waals surface area contributed by atoms with Gasteiger partial charge in [-0.25, -0.2) is 0 Å². The Morgan fingerprint density at radius 1 is 0.515 bits per heavy atom. The number of fused-ring (bicyclic) bond motifs is 14. The molecule has 0 unspecified atom stereocenters. The lowest BCUT2D eigenvalue weighted by molar-refractivity contribution is 0.331. The predicted octanol–water partition coefficient (Wildman–Crippen LogP) is 16.7. The Bertz CT molecular complexity index is 3830. The summed E-state index contributed by atoms with van der Waals surface area (Å²) in [5.74, 6) is 0. The maximum Gasteiger partial charge on any atom is 0.211 e. The Balaban J connectivity index is 1.11. The van der Waals surface area contributed by atoms with Gasteiger partial charge in [0, 0.05) is 68.9 Å². The van der Waals surface area contributed by atoms with Crippen LogP contribution in [0.4, 0.5) is 11.4 Å². The molecule has 0 amide bonds. The number of thiophene rings is 2. The van der Waals surface area contributed by atoms with Crippen LogP contribution in [0.25, 0.3) is 80.0 Å². The third-order valence-electron chi connectivity index (χ3n) is 16.8. The van der Waals surface area contributed by atoms with Gasteiger partial charge in [-0.1, -0.05) is 138 Å². The smallest absolute Gasteiger partial charge is 0.211 e. The zero-order valence-corrected chi connectivity index (χ0v) is 43.5. The van der Waals surface area contributed by atoms with E-state index in [1.165, 1.54) is 142 Å². The van der Waals surface area contributed by atoms with Crippen molar-refractivity contribution in [3.63, 3.8) is 0 Å². The molecule has 0 saturated heterocycles. The summed E-state index contributed by atoms with van der Waals surface area (Å²) in [4.78, 5) is 0. The zero-order chi connectivity index (χ0) is 47.2. The van der Waals surface area contributed by atoms with Crippen LogP contribution in [0.5, 0.6) is 0 Å². The van der Waals surface area contributed by atoms with Gasteiger partial charge in [-0.15, -0.1) is 22.7 Å². The van der Waals surface area contributed by atoms with Gasteiger partial charge in [0.25, 0.3) is 0 Å². The third kappa shape index (κ3) is 6.00. The summed E-state index contributed by atoms with van der Waals surface area (Å²) in [6.07, 6.45) is 2.41. The second-order valence-electron chi connectivity index (χ2n) is 24.5. The Morgan fingerprint density at radius 2 is 1.18 bits per heavy atom. The number of hydrogen-bond donors (Lipinski definition) is 1. The van der Waals surface area contributed by atoms with Gasteiger partial charge < -0.3 is 9.88 Å². The molecule has 3 aromatic heterocycles. The maximum absolute atomic E-state index is 4.08. The van der Waals surface area contributed by atoms with Crippen LogP contribution < -0.4 is 15.6 Å². The van der Waals surface area contributed by atoms with Crippen molar-refractivity contribution in [3.05, 3.63) is 149 Å². The van der Waals surface area contributed by atoms with Crippen LogP contribution >= 0.6 is 22.7 Å². The van der Waals surface area contributed by atoms with E-state index >= 15 is 0 Å². The summed E-state index contributed by atoms with van der Waals surface area (Å²) in [5, 5.41) is 10.8. The topological polar surface area (TPSA) is 17.0 Å². The van der Waals surface area contributed by atoms with E-state index in [9.17, 15) is 0 Å². The van der Waals surface area contributed by atoms with Crippen molar-refractivity contribution >= 4 is 104 Å². The number of benzene rings is 7. The predicted molar refractivity (Wildman–Crippen MR) is 301 cm³/mol. The van der Waals surface area contributed by atoms with Gasteiger partial charge in [-0.05, 0) is 155 Å². The first-order chi connectivity index (χ1) is 32.2. The third-order valence-corrected chi connectivity index (χ3v) is 19.1. The average molecular weight is 921 g/mol. The Morgan fingerprint density at radius 3 is 1.91 bits per heavy atom. The van der Waals surface area contributed by atoms with Crippen molar-refractivity contribution in [3.8, 4) is 27.9 Å². The molecule has 7 aromatic carbocycles. The molecule has 13 rings (SSSR count). The van der Waals surface area contributed by atoms with Crippen LogP contribution in [0.2, 0.25) is 0 Å². The summed E-state index contributed by atoms with van der Waals surface area (Å²) in [6, 6.07) is 45.7. The number of nitrogens with zero attached hydrogens (tertiary/aromatic N) is 1. The molecule has 0 spiro atoms. The summed E-state index contributed by atoms with van der Waals surface area (Å²) < 4.78 is 8.19. The largest absolute Gasteiger partial charge is 0.355 e. The lowest BCUT2D eigenvalue weighted by Gasteiger charge is -2.42. The number of hydrogen-bond acceptors (Lipinski definition) is 3. The van der Waals surface area contributed by atoms with Crippen molar-refractivity contribution in [1.82, 2.24) is 4.57 Å². The summed E-state index contributed by atoms with van der Waals surface area (Å²) in [6.45, 7) is 28.7. The normalized spacial score (nSPS) is 16.6. The van der Waals surface area contributed by atoms with Gasteiger partial charge in [-0.2, -0.15) is 0 Å². The highest BCUT2D eigenvalue weighted by molar-refractivity contribution is 7.29. The number of anilines is 2. The molecule has 0 saturated carbocycles. The van der Waals surface area contributed by atoms with E-state index in [0.717, 1.165) is 13.0 Å². The van der Waals surface area contributed by atoms with E-state index in [2.05, 4.69) is 208 Å². The van der Waals surface area contributed by atoms with Crippen molar-refractivity contribution in [2.45, 2.75) is 123 Å². The molecular formula is C63H61BN2S2. The van der Waals surface area contributed by atoms with Crippen LogP contribution in [0.3, 0.4) is 0 Å². The molecule has 0 atom stereocenters. The van der Waals surface area contributed by atoms with Crippen molar-refractivity contribution in [1.29, 1.82) is 0 Å². The minimum atomic E-state index is -0.165. The van der Waals surface area contributed by atoms with Gasteiger partial charge >= 0.3 is 0 Å². The van der Waals surface area contributed by atoms with Gasteiger partial charge in [0.15, 0.2) is 0 Å². The van der Waals surface area contributed by atoms with E-state index in [-0.39, 0.29) is 27.1 Å². The first-order valence-corrected chi connectivity index (χ1v) is 26.5. The van der Waals surface area contributed by atoms with Crippen LogP contribution in [0.15, 0.2) is 115 Å². The van der Waals surface area contributed by atoms with Crippen LogP contribution in [0.1, 0.15) is 129 Å². The van der Waals surface area contributed by atoms with Crippen molar-refractivity contribution in [2.24, 2.45) is 0 Å². The SMILES string of the molecule is CC(C)(C)c1ccc(Nc2cc3c(cc2-c2ccc4c5cc6c(cc5n5c4c2Bc2sc4ccc(C(C)(C)C)cc4c2-5)sc2ccccc26)-c2cc4c(cc2C3(C)C)C(C)(C)CCC4(C)C)cc1. The lowest BCUT2D eigenvalue weighted by Crippen LogP contribution is -2.35. The van der Waals surface area contributed by atoms with Crippen molar-refractivity contribution in [2.75, 3.05) is 5.32 Å². The molecule has 2 aliphatic carbocycles. The van der Waals surface area contributed by atoms with Gasteiger partial charge in [0.1, 0.15) is 0 Å². The van der Waals surface area contributed by atoms with Crippen LogP contribution in [-0.2, 0) is 27.1 Å². The highest BCUT2D eigenvalue weighted by Gasteiger charge is 2.43. The average Bonchev–Trinajstić information content (AvgIpc) is 4.00. The van der Waals surface area contributed by atoms with E-state index in [4.69, 9.17) is 0 Å². The van der Waals surface area contributed by atoms with Crippen LogP contribution in [0, 0.1) is 0 Å². The number of rotatable bonds is 3. The Labute approximate surface area is 410 Å². The fraction of sp³-hybridized carbons (Fsp3) is 0.302. The molecule has 0 bridgehead atoms. The molecule has 1 aliphatic heterocycles. The quantitative estimate of drug-likeness (QED) is 0.175. The molecule has 0 fully saturated rings. The molecule has 10 aromatic rings. The molecular weight excluding hydrogens is 860 g/mol. The standard InChI is InChI=1S/C63H61BN2S2/c1-59(2,3)34-17-20-36(21-18-34)65-50-32-47-40(41-30-48-49(31-46(41)63(47,11)12)62(9,10)26-25-61(48,7)8)28-42(50)38-22-23-39-43-29-44-37-15-13-14-16-52(37)67-54(44)33-51(43)66-56(39)55(38)64-58-57(66)45-27-35(60(4,5)6)19-24-53(45)68-58/h13-24,27-33,64-65H,25-26H2,1-12H3. The Hall–Kier alpha value is -5.62.